The van der Waals surface area contributed by atoms with Gasteiger partial charge in [-0.3, -0.25) is 4.79 Å². The monoisotopic (exact) mass is 438 g/mol. The van der Waals surface area contributed by atoms with Gasteiger partial charge >= 0.3 is 5.97 Å². The zero-order valence-corrected chi connectivity index (χ0v) is 16.7. The first kappa shape index (κ1) is 18.4. The van der Waals surface area contributed by atoms with Gasteiger partial charge in [0.15, 0.2) is 5.79 Å². The highest BCUT2D eigenvalue weighted by molar-refractivity contribution is 9.14. The predicted molar refractivity (Wildman–Crippen MR) is 91.8 cm³/mol. The van der Waals surface area contributed by atoms with Crippen LogP contribution in [-0.2, 0) is 19.0 Å². The smallest absolute Gasteiger partial charge is 0.302 e. The molecule has 2 rings (SSSR count). The van der Waals surface area contributed by atoms with Gasteiger partial charge in [0.05, 0.1) is 11.8 Å². The molecule has 2 aliphatic rings. The van der Waals surface area contributed by atoms with Crippen molar-refractivity contribution in [1.82, 2.24) is 0 Å². The molecule has 0 heterocycles. The highest BCUT2D eigenvalue weighted by Crippen LogP contribution is 2.64. The number of methoxy groups -OCH3 is 2. The summed E-state index contributed by atoms with van der Waals surface area (Å²) in [6, 6.07) is 0. The number of carbonyl (C=O) groups is 1. The minimum atomic E-state index is -0.769. The molecule has 22 heavy (non-hydrogen) atoms. The Morgan fingerprint density at radius 3 is 2.23 bits per heavy atom. The summed E-state index contributed by atoms with van der Waals surface area (Å²) in [5.74, 6) is -0.902. The molecule has 1 saturated carbocycles. The van der Waals surface area contributed by atoms with Crippen molar-refractivity contribution in [3.63, 3.8) is 0 Å². The van der Waals surface area contributed by atoms with E-state index in [1.54, 1.807) is 14.2 Å². The van der Waals surface area contributed by atoms with Crippen molar-refractivity contribution in [1.29, 1.82) is 0 Å². The summed E-state index contributed by atoms with van der Waals surface area (Å²) in [5.41, 5.74) is 0. The summed E-state index contributed by atoms with van der Waals surface area (Å²) in [5, 5.41) is 0. The van der Waals surface area contributed by atoms with Gasteiger partial charge in [0.1, 0.15) is 6.10 Å². The molecule has 126 valence electrons. The van der Waals surface area contributed by atoms with Gasteiger partial charge < -0.3 is 14.2 Å². The van der Waals surface area contributed by atoms with Gasteiger partial charge in [-0.2, -0.15) is 0 Å². The van der Waals surface area contributed by atoms with Crippen LogP contribution in [0.15, 0.2) is 8.96 Å². The first-order chi connectivity index (χ1) is 10.4. The van der Waals surface area contributed by atoms with Crippen molar-refractivity contribution in [2.45, 2.75) is 51.4 Å². The van der Waals surface area contributed by atoms with Crippen molar-refractivity contribution in [3.05, 3.63) is 8.96 Å². The Labute approximate surface area is 149 Å². The number of hydrogen-bond donors (Lipinski definition) is 0. The lowest BCUT2D eigenvalue weighted by Gasteiger charge is -2.32. The molecule has 2 bridgehead atoms. The van der Waals surface area contributed by atoms with Crippen molar-refractivity contribution >= 4 is 37.8 Å². The molecule has 0 unspecified atom stereocenters. The standard InChI is InChI=1S/C16H24Br2O4/c1-5-6-7-8-10-11-13(17)14(18)12(15(10)22-9(2)19)16(11,20-3)21-4/h10-12,15H,5-8H2,1-4H3/t10-,11-,12-,15-/m0/s1. The van der Waals surface area contributed by atoms with Crippen molar-refractivity contribution in [2.24, 2.45) is 17.8 Å². The largest absolute Gasteiger partial charge is 0.461 e. The average molecular weight is 440 g/mol. The lowest BCUT2D eigenvalue weighted by atomic mass is 9.86. The van der Waals surface area contributed by atoms with E-state index in [1.165, 1.54) is 19.8 Å². The molecule has 0 aromatic rings. The Bertz CT molecular complexity index is 459. The zero-order chi connectivity index (χ0) is 16.5. The summed E-state index contributed by atoms with van der Waals surface area (Å²) in [6.45, 7) is 3.65. The fourth-order valence-corrected chi connectivity index (χ4v) is 5.77. The van der Waals surface area contributed by atoms with Gasteiger partial charge in [0, 0.05) is 36.0 Å². The van der Waals surface area contributed by atoms with Gasteiger partial charge in [-0.25, -0.2) is 0 Å². The molecule has 0 spiro atoms. The number of ether oxygens (including phenoxy) is 3. The quantitative estimate of drug-likeness (QED) is 0.335. The molecule has 1 fully saturated rings. The molecular formula is C16H24Br2O4. The van der Waals surface area contributed by atoms with Crippen LogP contribution in [0.5, 0.6) is 0 Å². The SMILES string of the molecule is CCCCC[C@@H]1[C@H](OC(C)=O)[C@@H]2C(Br)=C(Br)[C@H]1C2(OC)OC. The Morgan fingerprint density at radius 2 is 1.73 bits per heavy atom. The highest BCUT2D eigenvalue weighted by Gasteiger charge is 2.69. The Hall–Kier alpha value is 0.0900. The first-order valence-electron chi connectivity index (χ1n) is 7.77. The molecule has 6 heteroatoms. The van der Waals surface area contributed by atoms with Crippen LogP contribution in [0.25, 0.3) is 0 Å². The van der Waals surface area contributed by atoms with E-state index in [-0.39, 0.29) is 29.8 Å². The average Bonchev–Trinajstić information content (AvgIpc) is 2.86. The number of hydrogen-bond acceptors (Lipinski definition) is 4. The maximum atomic E-state index is 11.6. The summed E-state index contributed by atoms with van der Waals surface area (Å²) in [7, 11) is 3.32. The molecule has 0 aromatic carbocycles. The second-order valence-electron chi connectivity index (χ2n) is 6.01. The third kappa shape index (κ3) is 2.80. The van der Waals surface area contributed by atoms with Crippen molar-refractivity contribution < 1.29 is 19.0 Å². The van der Waals surface area contributed by atoms with Gasteiger partial charge in [-0.15, -0.1) is 0 Å². The van der Waals surface area contributed by atoms with Gasteiger partial charge in [0.2, 0.25) is 0 Å². The maximum Gasteiger partial charge on any atom is 0.302 e. The number of unbranched alkanes of at least 4 members (excludes halogenated alkanes) is 2. The first-order valence-corrected chi connectivity index (χ1v) is 9.35. The van der Waals surface area contributed by atoms with Crippen LogP contribution < -0.4 is 0 Å². The molecule has 0 radical (unpaired) electrons. The van der Waals surface area contributed by atoms with Gasteiger partial charge in [-0.1, -0.05) is 58.0 Å². The van der Waals surface area contributed by atoms with E-state index < -0.39 is 5.79 Å². The second-order valence-corrected chi connectivity index (χ2v) is 7.72. The van der Waals surface area contributed by atoms with Crippen molar-refractivity contribution in [2.75, 3.05) is 14.2 Å². The molecule has 4 atom stereocenters. The number of halogens is 2. The van der Waals surface area contributed by atoms with Crippen LogP contribution in [0.4, 0.5) is 0 Å². The fraction of sp³-hybridized carbons (Fsp3) is 0.812. The maximum absolute atomic E-state index is 11.6. The molecule has 0 saturated heterocycles. The lowest BCUT2D eigenvalue weighted by molar-refractivity contribution is -0.237. The van der Waals surface area contributed by atoms with E-state index in [2.05, 4.69) is 38.8 Å². The fourth-order valence-electron chi connectivity index (χ4n) is 4.04. The Morgan fingerprint density at radius 1 is 1.14 bits per heavy atom. The van der Waals surface area contributed by atoms with E-state index >= 15 is 0 Å². The third-order valence-corrected chi connectivity index (χ3v) is 7.27. The Balaban J connectivity index is 2.36. The zero-order valence-electron chi connectivity index (χ0n) is 13.5. The number of esters is 1. The van der Waals surface area contributed by atoms with E-state index in [0.29, 0.717) is 0 Å². The van der Waals surface area contributed by atoms with Crippen LogP contribution in [0, 0.1) is 17.8 Å². The molecule has 0 aromatic heterocycles. The summed E-state index contributed by atoms with van der Waals surface area (Å²) < 4.78 is 19.4. The normalized spacial score (nSPS) is 32.6. The number of rotatable bonds is 7. The van der Waals surface area contributed by atoms with Crippen LogP contribution in [0.3, 0.4) is 0 Å². The molecular weight excluding hydrogens is 416 g/mol. The number of fused-ring (bicyclic) bond motifs is 2. The second kappa shape index (κ2) is 7.32. The molecule has 0 amide bonds. The van der Waals surface area contributed by atoms with Crippen LogP contribution in [0.2, 0.25) is 0 Å². The van der Waals surface area contributed by atoms with E-state index in [9.17, 15) is 4.79 Å². The summed E-state index contributed by atoms with van der Waals surface area (Å²) in [6.07, 6.45) is 4.24. The van der Waals surface area contributed by atoms with Crippen LogP contribution in [0.1, 0.15) is 39.5 Å². The lowest BCUT2D eigenvalue weighted by Crippen LogP contribution is -2.42. The summed E-state index contributed by atoms with van der Waals surface area (Å²) in [4.78, 5) is 11.6. The van der Waals surface area contributed by atoms with Crippen LogP contribution >= 0.6 is 31.9 Å². The minimum absolute atomic E-state index is 0.0445. The van der Waals surface area contributed by atoms with E-state index in [1.807, 2.05) is 0 Å². The highest BCUT2D eigenvalue weighted by atomic mass is 79.9. The molecule has 2 aliphatic carbocycles. The topological polar surface area (TPSA) is 44.8 Å². The number of carbonyl (C=O) groups excluding carboxylic acids is 1. The predicted octanol–water partition coefficient (Wildman–Crippen LogP) is 4.36. The molecule has 4 nitrogen and oxygen atoms in total. The van der Waals surface area contributed by atoms with Crippen molar-refractivity contribution in [3.8, 4) is 0 Å². The molecule has 0 N–H and O–H groups in total. The van der Waals surface area contributed by atoms with Crippen LogP contribution in [-0.4, -0.2) is 32.1 Å². The van der Waals surface area contributed by atoms with E-state index in [4.69, 9.17) is 14.2 Å². The van der Waals surface area contributed by atoms with Gasteiger partial charge in [0.25, 0.3) is 0 Å². The molecule has 0 aliphatic heterocycles. The third-order valence-electron chi connectivity index (χ3n) is 4.90. The van der Waals surface area contributed by atoms with E-state index in [0.717, 1.165) is 21.8 Å². The Kier molecular flexibility index (Phi) is 6.14. The minimum Gasteiger partial charge on any atom is -0.461 e. The summed E-state index contributed by atoms with van der Waals surface area (Å²) >= 11 is 7.33. The van der Waals surface area contributed by atoms with Gasteiger partial charge in [-0.05, 0) is 6.42 Å².